The molecule has 0 saturated carbocycles. The van der Waals surface area contributed by atoms with E-state index in [1.807, 2.05) is 43.3 Å². The average molecular weight is 473 g/mol. The number of nitrogens with zero attached hydrogens (tertiary/aromatic N) is 5. The fourth-order valence-corrected chi connectivity index (χ4v) is 3.85. The maximum atomic E-state index is 12.1. The largest absolute Gasteiger partial charge is 0.394 e. The van der Waals surface area contributed by atoms with Crippen LogP contribution in [0.4, 0.5) is 17.5 Å². The van der Waals surface area contributed by atoms with E-state index >= 15 is 0 Å². The number of aromatic amines is 1. The highest BCUT2D eigenvalue weighted by Gasteiger charge is 2.19. The Labute approximate surface area is 199 Å². The summed E-state index contributed by atoms with van der Waals surface area (Å²) in [4.78, 5) is 25.5. The van der Waals surface area contributed by atoms with Crippen molar-refractivity contribution in [2.75, 3.05) is 17.2 Å². The van der Waals surface area contributed by atoms with Crippen LogP contribution in [0.15, 0.2) is 64.0 Å². The Morgan fingerprint density at radius 3 is 2.71 bits per heavy atom. The van der Waals surface area contributed by atoms with Gasteiger partial charge in [-0.2, -0.15) is 9.97 Å². The molecule has 4 N–H and O–H groups in total. The number of H-pyrrole nitrogens is 1. The lowest BCUT2D eigenvalue weighted by Gasteiger charge is -2.19. The normalized spacial score (nSPS) is 12.1. The minimum absolute atomic E-state index is 0.133. The molecule has 0 saturated heterocycles. The lowest BCUT2D eigenvalue weighted by Crippen LogP contribution is -2.17. The third-order valence-electron chi connectivity index (χ3n) is 5.58. The number of anilines is 3. The second-order valence-corrected chi connectivity index (χ2v) is 7.93. The summed E-state index contributed by atoms with van der Waals surface area (Å²) in [6.07, 6.45) is 1.58. The molecule has 3 aromatic heterocycles. The molecule has 11 heteroatoms. The monoisotopic (exact) mass is 472 g/mol. The molecule has 1 atom stereocenters. The summed E-state index contributed by atoms with van der Waals surface area (Å²) < 4.78 is 7.13. The topological polar surface area (TPSA) is 147 Å². The molecule has 0 aliphatic heterocycles. The molecule has 11 nitrogen and oxygen atoms in total. The van der Waals surface area contributed by atoms with E-state index in [1.54, 1.807) is 29.9 Å². The molecule has 2 aromatic carbocycles. The predicted octanol–water partition coefficient (Wildman–Crippen LogP) is 3.39. The summed E-state index contributed by atoms with van der Waals surface area (Å²) >= 11 is 0. The van der Waals surface area contributed by atoms with E-state index in [4.69, 9.17) is 4.52 Å². The van der Waals surface area contributed by atoms with Crippen LogP contribution in [0.1, 0.15) is 24.4 Å². The summed E-state index contributed by atoms with van der Waals surface area (Å²) in [5.41, 5.74) is 2.76. The summed E-state index contributed by atoms with van der Waals surface area (Å²) in [6, 6.07) is 14.6. The van der Waals surface area contributed by atoms with Crippen LogP contribution in [0.25, 0.3) is 22.4 Å². The van der Waals surface area contributed by atoms with Crippen molar-refractivity contribution in [3.8, 4) is 11.5 Å². The van der Waals surface area contributed by atoms with Crippen molar-refractivity contribution in [1.82, 2.24) is 29.9 Å². The summed E-state index contributed by atoms with van der Waals surface area (Å²) in [5, 5.41) is 23.8. The van der Waals surface area contributed by atoms with Gasteiger partial charge in [0, 0.05) is 18.4 Å². The van der Waals surface area contributed by atoms with Gasteiger partial charge in [0.2, 0.25) is 5.95 Å². The Morgan fingerprint density at radius 1 is 1.17 bits per heavy atom. The first-order chi connectivity index (χ1) is 17.1. The van der Waals surface area contributed by atoms with Crippen LogP contribution in [-0.2, 0) is 6.54 Å². The molecule has 0 unspecified atom stereocenters. The first-order valence-electron chi connectivity index (χ1n) is 11.2. The van der Waals surface area contributed by atoms with E-state index in [2.05, 4.69) is 35.8 Å². The van der Waals surface area contributed by atoms with Gasteiger partial charge >= 0.3 is 0 Å². The number of aliphatic hydroxyl groups is 1. The Hall–Kier alpha value is -4.51. The van der Waals surface area contributed by atoms with Gasteiger partial charge in [0.15, 0.2) is 5.82 Å². The van der Waals surface area contributed by atoms with Crippen LogP contribution < -0.4 is 16.2 Å². The molecule has 0 spiro atoms. The summed E-state index contributed by atoms with van der Waals surface area (Å²) in [6.45, 7) is 4.16. The smallest absolute Gasteiger partial charge is 0.271 e. The molecule has 0 amide bonds. The fourth-order valence-electron chi connectivity index (χ4n) is 3.85. The number of nitrogens with one attached hydrogen (secondary N) is 3. The number of hydrogen-bond acceptors (Lipinski definition) is 9. The van der Waals surface area contributed by atoms with Gasteiger partial charge in [0.05, 0.1) is 23.6 Å². The maximum Gasteiger partial charge on any atom is 0.271 e. The number of aliphatic hydroxyl groups excluding tert-OH is 1. The van der Waals surface area contributed by atoms with E-state index in [0.29, 0.717) is 40.8 Å². The summed E-state index contributed by atoms with van der Waals surface area (Å²) in [5.74, 6) is 1.48. The van der Waals surface area contributed by atoms with E-state index in [0.717, 1.165) is 11.1 Å². The van der Waals surface area contributed by atoms with E-state index < -0.39 is 6.04 Å². The van der Waals surface area contributed by atoms with Crippen LogP contribution in [0, 0.1) is 6.92 Å². The number of hydrogen-bond donors (Lipinski definition) is 4. The first-order valence-corrected chi connectivity index (χ1v) is 11.2. The molecular formula is C24H24N8O3. The molecular weight excluding hydrogens is 448 g/mol. The lowest BCUT2D eigenvalue weighted by atomic mass is 10.1. The van der Waals surface area contributed by atoms with E-state index in [-0.39, 0.29) is 18.1 Å². The zero-order valence-corrected chi connectivity index (χ0v) is 19.2. The van der Waals surface area contributed by atoms with Crippen LogP contribution >= 0.6 is 0 Å². The second-order valence-electron chi connectivity index (χ2n) is 7.93. The number of benzene rings is 2. The molecule has 0 radical (unpaired) electrons. The molecule has 0 fully saturated rings. The van der Waals surface area contributed by atoms with Gasteiger partial charge in [-0.25, -0.2) is 4.98 Å². The van der Waals surface area contributed by atoms with Gasteiger partial charge in [-0.05, 0) is 37.6 Å². The summed E-state index contributed by atoms with van der Waals surface area (Å²) in [7, 11) is 0. The van der Waals surface area contributed by atoms with Crippen molar-refractivity contribution >= 4 is 28.4 Å². The molecule has 35 heavy (non-hydrogen) atoms. The van der Waals surface area contributed by atoms with Gasteiger partial charge in [0.25, 0.3) is 11.4 Å². The predicted molar refractivity (Wildman–Crippen MR) is 131 cm³/mol. The van der Waals surface area contributed by atoms with Gasteiger partial charge in [-0.1, -0.05) is 35.5 Å². The van der Waals surface area contributed by atoms with Crippen LogP contribution in [-0.4, -0.2) is 41.6 Å². The zero-order valence-electron chi connectivity index (χ0n) is 19.2. The maximum absolute atomic E-state index is 12.1. The van der Waals surface area contributed by atoms with E-state index in [9.17, 15) is 9.90 Å². The van der Waals surface area contributed by atoms with Crippen molar-refractivity contribution in [2.24, 2.45) is 0 Å². The fraction of sp³-hybridized carbons (Fsp3) is 0.208. The number of rotatable bonds is 8. The van der Waals surface area contributed by atoms with Crippen molar-refractivity contribution in [3.63, 3.8) is 0 Å². The molecule has 178 valence electrons. The molecule has 5 aromatic rings. The Kier molecular flexibility index (Phi) is 5.98. The third kappa shape index (κ3) is 4.49. The van der Waals surface area contributed by atoms with Gasteiger partial charge in [-0.15, -0.1) is 0 Å². The highest BCUT2D eigenvalue weighted by atomic mass is 16.5. The van der Waals surface area contributed by atoms with Gasteiger partial charge in [0.1, 0.15) is 11.4 Å². The van der Waals surface area contributed by atoms with Crippen LogP contribution in [0.5, 0.6) is 0 Å². The number of aromatic nitrogens is 6. The quantitative estimate of drug-likeness (QED) is 0.267. The van der Waals surface area contributed by atoms with Gasteiger partial charge in [-0.3, -0.25) is 14.6 Å². The highest BCUT2D eigenvalue weighted by molar-refractivity contribution is 5.83. The lowest BCUT2D eigenvalue weighted by molar-refractivity contribution is 0.276. The average Bonchev–Trinajstić information content (AvgIpc) is 3.45. The molecule has 0 bridgehead atoms. The zero-order chi connectivity index (χ0) is 24.4. The second kappa shape index (κ2) is 9.39. The van der Waals surface area contributed by atoms with Crippen molar-refractivity contribution < 1.29 is 9.63 Å². The number of fused-ring (bicyclic) bond motifs is 1. The van der Waals surface area contributed by atoms with Crippen LogP contribution in [0.2, 0.25) is 0 Å². The minimum Gasteiger partial charge on any atom is -0.394 e. The van der Waals surface area contributed by atoms with E-state index in [1.165, 1.54) is 0 Å². The molecule has 0 aliphatic rings. The SMILES string of the molecule is CCn1[nH]c(=O)c2ccc(Nc3ncc(-c4nc(C)no4)c(N[C@H](CO)c4ccccc4)n3)cc21. The Bertz CT molecular complexity index is 1520. The standard InChI is InChI=1S/C24H24N8O3/c1-3-32-20-11-16(9-10-17(20)22(34)30-32)27-24-25-12-18(23-26-14(2)31-35-23)21(29-24)28-19(13-33)15-7-5-4-6-8-15/h4-12,19,33H,3,13H2,1-2H3,(H,30,34)(H2,25,27,28,29)/t19-/m1/s1. The Balaban J connectivity index is 1.51. The molecule has 5 rings (SSSR count). The van der Waals surface area contributed by atoms with Gasteiger partial charge < -0.3 is 20.3 Å². The molecule has 0 aliphatic carbocycles. The Morgan fingerprint density at radius 2 is 2.00 bits per heavy atom. The van der Waals surface area contributed by atoms with Crippen molar-refractivity contribution in [3.05, 3.63) is 76.5 Å². The minimum atomic E-state index is -0.420. The first kappa shape index (κ1) is 22.3. The van der Waals surface area contributed by atoms with Crippen LogP contribution in [0.3, 0.4) is 0 Å². The highest BCUT2D eigenvalue weighted by Crippen LogP contribution is 2.29. The number of aryl methyl sites for hydroxylation is 2. The van der Waals surface area contributed by atoms with Crippen molar-refractivity contribution in [2.45, 2.75) is 26.4 Å². The third-order valence-corrected chi connectivity index (χ3v) is 5.58. The molecule has 3 heterocycles. The van der Waals surface area contributed by atoms with Crippen molar-refractivity contribution in [1.29, 1.82) is 0 Å².